The zero-order valence-corrected chi connectivity index (χ0v) is 6.14. The lowest BCUT2D eigenvalue weighted by Gasteiger charge is -2.11. The van der Waals surface area contributed by atoms with Crippen molar-refractivity contribution in [3.05, 3.63) is 24.2 Å². The van der Waals surface area contributed by atoms with Crippen molar-refractivity contribution in [3.63, 3.8) is 0 Å². The molecule has 1 rings (SSSR count). The Labute approximate surface area is 67.2 Å². The molecule has 0 aliphatic rings. The Kier molecular flexibility index (Phi) is 2.42. The predicted molar refractivity (Wildman–Crippen MR) is 36.3 cm³/mol. The summed E-state index contributed by atoms with van der Waals surface area (Å²) in [6, 6.07) is 0.403. The van der Waals surface area contributed by atoms with E-state index in [-0.39, 0.29) is 0 Å². The number of hydrogen-bond donors (Lipinski definition) is 1. The van der Waals surface area contributed by atoms with Crippen LogP contribution in [0.5, 0.6) is 0 Å². The number of hydrogen-bond acceptors (Lipinski definition) is 2. The van der Waals surface area contributed by atoms with Crippen molar-refractivity contribution >= 4 is 0 Å². The lowest BCUT2D eigenvalue weighted by molar-refractivity contribution is -0.138. The van der Waals surface area contributed by atoms with Crippen LogP contribution in [0.3, 0.4) is 0 Å². The highest BCUT2D eigenvalue weighted by molar-refractivity contribution is 5.10. The summed E-state index contributed by atoms with van der Waals surface area (Å²) in [7, 11) is 0. The summed E-state index contributed by atoms with van der Waals surface area (Å²) >= 11 is 0. The van der Waals surface area contributed by atoms with E-state index in [0.29, 0.717) is 5.56 Å². The minimum Gasteiger partial charge on any atom is -0.472 e. The van der Waals surface area contributed by atoms with E-state index in [4.69, 9.17) is 5.73 Å². The Morgan fingerprint density at radius 1 is 1.50 bits per heavy atom. The topological polar surface area (TPSA) is 39.2 Å². The average molecular weight is 179 g/mol. The van der Waals surface area contributed by atoms with Gasteiger partial charge in [-0.3, -0.25) is 0 Å². The van der Waals surface area contributed by atoms with Crippen LogP contribution < -0.4 is 5.73 Å². The standard InChI is InChI=1S/C7H8F3NO/c8-7(9,10)3-6(11)5-1-2-12-4-5/h1-2,4,6H,3,11H2/t6-/m1/s1. The van der Waals surface area contributed by atoms with Crippen LogP contribution in [-0.2, 0) is 0 Å². The van der Waals surface area contributed by atoms with E-state index in [1.165, 1.54) is 18.6 Å². The largest absolute Gasteiger partial charge is 0.472 e. The van der Waals surface area contributed by atoms with Gasteiger partial charge in [-0.15, -0.1) is 0 Å². The molecule has 0 fully saturated rings. The third-order valence-electron chi connectivity index (χ3n) is 1.42. The first-order valence-corrected chi connectivity index (χ1v) is 3.33. The normalized spacial score (nSPS) is 14.7. The third-order valence-corrected chi connectivity index (χ3v) is 1.42. The molecule has 1 aromatic rings. The highest BCUT2D eigenvalue weighted by Crippen LogP contribution is 2.27. The minimum absolute atomic E-state index is 0.368. The fraction of sp³-hybridized carbons (Fsp3) is 0.429. The van der Waals surface area contributed by atoms with Crippen LogP contribution in [-0.4, -0.2) is 6.18 Å². The lowest BCUT2D eigenvalue weighted by Crippen LogP contribution is -2.19. The molecule has 0 radical (unpaired) electrons. The van der Waals surface area contributed by atoms with E-state index >= 15 is 0 Å². The Hall–Kier alpha value is -0.970. The molecule has 0 saturated carbocycles. The quantitative estimate of drug-likeness (QED) is 0.756. The maximum atomic E-state index is 11.8. The van der Waals surface area contributed by atoms with Gasteiger partial charge in [0.05, 0.1) is 18.9 Å². The Bertz CT molecular complexity index is 229. The summed E-state index contributed by atoms with van der Waals surface area (Å²) in [5.74, 6) is 0. The van der Waals surface area contributed by atoms with Crippen molar-refractivity contribution in [2.45, 2.75) is 18.6 Å². The van der Waals surface area contributed by atoms with Gasteiger partial charge in [0.25, 0.3) is 0 Å². The van der Waals surface area contributed by atoms with Crippen LogP contribution in [0.1, 0.15) is 18.0 Å². The Morgan fingerprint density at radius 2 is 2.17 bits per heavy atom. The van der Waals surface area contributed by atoms with E-state index in [1.54, 1.807) is 0 Å². The molecule has 0 bridgehead atoms. The summed E-state index contributed by atoms with van der Waals surface area (Å²) in [6.45, 7) is 0. The fourth-order valence-electron chi connectivity index (χ4n) is 0.853. The zero-order valence-electron chi connectivity index (χ0n) is 6.14. The summed E-state index contributed by atoms with van der Waals surface area (Å²) in [5.41, 5.74) is 5.61. The van der Waals surface area contributed by atoms with Crippen LogP contribution in [0.25, 0.3) is 0 Å². The molecule has 0 aliphatic carbocycles. The molecular weight excluding hydrogens is 171 g/mol. The lowest BCUT2D eigenvalue weighted by atomic mass is 10.1. The maximum Gasteiger partial charge on any atom is 0.390 e. The van der Waals surface area contributed by atoms with Crippen LogP contribution >= 0.6 is 0 Å². The molecule has 0 spiro atoms. The SMILES string of the molecule is N[C@H](CC(F)(F)F)c1ccoc1. The Balaban J connectivity index is 2.56. The number of rotatable bonds is 2. The smallest absolute Gasteiger partial charge is 0.390 e. The second-order valence-corrected chi connectivity index (χ2v) is 2.48. The summed E-state index contributed by atoms with van der Waals surface area (Å²) in [6.07, 6.45) is -2.73. The number of furan rings is 1. The second-order valence-electron chi connectivity index (χ2n) is 2.48. The summed E-state index contributed by atoms with van der Waals surface area (Å²) in [4.78, 5) is 0. The highest BCUT2D eigenvalue weighted by Gasteiger charge is 2.31. The molecule has 0 saturated heterocycles. The van der Waals surface area contributed by atoms with Crippen LogP contribution in [0.2, 0.25) is 0 Å². The van der Waals surface area contributed by atoms with Crippen molar-refractivity contribution in [1.29, 1.82) is 0 Å². The van der Waals surface area contributed by atoms with Crippen LogP contribution in [0.4, 0.5) is 13.2 Å². The molecule has 1 aromatic heterocycles. The molecule has 0 amide bonds. The van der Waals surface area contributed by atoms with E-state index in [9.17, 15) is 13.2 Å². The third kappa shape index (κ3) is 2.58. The van der Waals surface area contributed by atoms with E-state index in [0.717, 1.165) is 0 Å². The second kappa shape index (κ2) is 3.18. The predicted octanol–water partition coefficient (Wildman–Crippen LogP) is 2.23. The van der Waals surface area contributed by atoms with Crippen molar-refractivity contribution in [1.82, 2.24) is 0 Å². The van der Waals surface area contributed by atoms with Gasteiger partial charge in [0.1, 0.15) is 0 Å². The van der Waals surface area contributed by atoms with Gasteiger partial charge in [-0.2, -0.15) is 13.2 Å². The molecule has 68 valence electrons. The van der Waals surface area contributed by atoms with E-state index < -0.39 is 18.6 Å². The Morgan fingerprint density at radius 3 is 2.58 bits per heavy atom. The van der Waals surface area contributed by atoms with Gasteiger partial charge in [0, 0.05) is 11.6 Å². The molecule has 2 N–H and O–H groups in total. The number of alkyl halides is 3. The molecule has 1 atom stereocenters. The molecule has 0 unspecified atom stereocenters. The van der Waals surface area contributed by atoms with Gasteiger partial charge < -0.3 is 10.2 Å². The molecular formula is C7H8F3NO. The first-order valence-electron chi connectivity index (χ1n) is 3.33. The van der Waals surface area contributed by atoms with Gasteiger partial charge in [0.15, 0.2) is 0 Å². The van der Waals surface area contributed by atoms with E-state index in [1.807, 2.05) is 0 Å². The molecule has 0 aromatic carbocycles. The van der Waals surface area contributed by atoms with Gasteiger partial charge in [0.2, 0.25) is 0 Å². The first kappa shape index (κ1) is 9.12. The van der Waals surface area contributed by atoms with Gasteiger partial charge in [-0.25, -0.2) is 0 Å². The van der Waals surface area contributed by atoms with Crippen LogP contribution in [0, 0.1) is 0 Å². The van der Waals surface area contributed by atoms with Gasteiger partial charge >= 0.3 is 6.18 Å². The van der Waals surface area contributed by atoms with Gasteiger partial charge in [-0.05, 0) is 6.07 Å². The monoisotopic (exact) mass is 179 g/mol. The molecule has 1 heterocycles. The van der Waals surface area contributed by atoms with Crippen molar-refractivity contribution in [2.24, 2.45) is 5.73 Å². The molecule has 2 nitrogen and oxygen atoms in total. The summed E-state index contributed by atoms with van der Waals surface area (Å²) in [5, 5.41) is 0. The molecule has 12 heavy (non-hydrogen) atoms. The van der Waals surface area contributed by atoms with E-state index in [2.05, 4.69) is 4.42 Å². The van der Waals surface area contributed by atoms with Crippen LogP contribution in [0.15, 0.2) is 23.0 Å². The zero-order chi connectivity index (χ0) is 9.19. The van der Waals surface area contributed by atoms with Crippen molar-refractivity contribution < 1.29 is 17.6 Å². The average Bonchev–Trinajstić information content (AvgIpc) is 2.32. The number of halogens is 3. The fourth-order valence-corrected chi connectivity index (χ4v) is 0.853. The van der Waals surface area contributed by atoms with Crippen molar-refractivity contribution in [2.75, 3.05) is 0 Å². The maximum absolute atomic E-state index is 11.8. The van der Waals surface area contributed by atoms with Gasteiger partial charge in [-0.1, -0.05) is 0 Å². The summed E-state index contributed by atoms with van der Waals surface area (Å²) < 4.78 is 40.0. The highest BCUT2D eigenvalue weighted by atomic mass is 19.4. The molecule has 0 aliphatic heterocycles. The number of nitrogens with two attached hydrogens (primary N) is 1. The molecule has 5 heteroatoms. The first-order chi connectivity index (χ1) is 5.49. The minimum atomic E-state index is -4.23. The van der Waals surface area contributed by atoms with Crippen molar-refractivity contribution in [3.8, 4) is 0 Å².